The van der Waals surface area contributed by atoms with Crippen LogP contribution in [0.15, 0.2) is 48.5 Å². The van der Waals surface area contributed by atoms with Crippen LogP contribution in [0, 0.1) is 18.3 Å². The van der Waals surface area contributed by atoms with Gasteiger partial charge in [0.1, 0.15) is 5.75 Å². The minimum atomic E-state index is -0.470. The molecule has 1 aliphatic heterocycles. The van der Waals surface area contributed by atoms with E-state index < -0.39 is 5.92 Å². The van der Waals surface area contributed by atoms with Crippen molar-refractivity contribution in [3.8, 4) is 18.1 Å². The summed E-state index contributed by atoms with van der Waals surface area (Å²) in [6.45, 7) is 2.73. The summed E-state index contributed by atoms with van der Waals surface area (Å²) in [5, 5.41) is 2.94. The first kappa shape index (κ1) is 20.5. The molecule has 5 nitrogen and oxygen atoms in total. The van der Waals surface area contributed by atoms with Crippen LogP contribution in [0.4, 0.5) is 5.69 Å². The number of carbonyl (C=O) groups excluding carboxylic acids is 2. The fourth-order valence-electron chi connectivity index (χ4n) is 3.75. The number of amides is 2. The van der Waals surface area contributed by atoms with Crippen LogP contribution < -0.4 is 10.1 Å². The van der Waals surface area contributed by atoms with E-state index in [0.717, 1.165) is 24.2 Å². The number of hydrogen-bond donors (Lipinski definition) is 1. The van der Waals surface area contributed by atoms with Gasteiger partial charge in [-0.1, -0.05) is 37.5 Å². The first-order chi connectivity index (χ1) is 14.1. The molecule has 0 aromatic heterocycles. The van der Waals surface area contributed by atoms with Crippen molar-refractivity contribution in [2.24, 2.45) is 5.92 Å². The number of likely N-dealkylation sites (tertiary alicyclic amines) is 1. The topological polar surface area (TPSA) is 58.6 Å². The van der Waals surface area contributed by atoms with Crippen LogP contribution in [-0.4, -0.2) is 30.4 Å². The molecule has 5 heteroatoms. The number of methoxy groups -OCH3 is 1. The summed E-state index contributed by atoms with van der Waals surface area (Å²) in [6, 6.07) is 14.5. The number of anilines is 1. The van der Waals surface area contributed by atoms with Gasteiger partial charge in [-0.25, -0.2) is 0 Å². The summed E-state index contributed by atoms with van der Waals surface area (Å²) in [7, 11) is 1.61. The predicted octanol–water partition coefficient (Wildman–Crippen LogP) is 4.00. The molecular formula is C24H26N2O3. The van der Waals surface area contributed by atoms with Gasteiger partial charge in [0, 0.05) is 24.2 Å². The molecule has 29 heavy (non-hydrogen) atoms. The van der Waals surface area contributed by atoms with E-state index in [2.05, 4.69) is 18.2 Å². The number of rotatable bonds is 7. The Morgan fingerprint density at radius 2 is 2.03 bits per heavy atom. The zero-order valence-corrected chi connectivity index (χ0v) is 16.9. The summed E-state index contributed by atoms with van der Waals surface area (Å²) >= 11 is 0. The lowest BCUT2D eigenvalue weighted by atomic mass is 9.92. The molecule has 0 spiro atoms. The van der Waals surface area contributed by atoms with Crippen molar-refractivity contribution in [2.75, 3.05) is 19.0 Å². The summed E-state index contributed by atoms with van der Waals surface area (Å²) in [4.78, 5) is 27.7. The molecule has 2 amide bonds. The van der Waals surface area contributed by atoms with Gasteiger partial charge in [0.05, 0.1) is 19.1 Å². The Morgan fingerprint density at radius 1 is 1.28 bits per heavy atom. The molecule has 2 aromatic rings. The first-order valence-corrected chi connectivity index (χ1v) is 9.88. The second-order valence-corrected chi connectivity index (χ2v) is 7.18. The van der Waals surface area contributed by atoms with Crippen LogP contribution in [0.1, 0.15) is 43.4 Å². The maximum atomic E-state index is 13.1. The number of nitrogens with zero attached hydrogens (tertiary/aromatic N) is 1. The van der Waals surface area contributed by atoms with Gasteiger partial charge < -0.3 is 15.0 Å². The van der Waals surface area contributed by atoms with E-state index in [-0.39, 0.29) is 24.3 Å². The minimum Gasteiger partial charge on any atom is -0.497 e. The molecular weight excluding hydrogens is 364 g/mol. The highest BCUT2D eigenvalue weighted by Gasteiger charge is 2.44. The zero-order chi connectivity index (χ0) is 20.8. The summed E-state index contributed by atoms with van der Waals surface area (Å²) in [5.74, 6) is 2.68. The van der Waals surface area contributed by atoms with Crippen molar-refractivity contribution in [3.05, 3.63) is 59.7 Å². The van der Waals surface area contributed by atoms with Crippen molar-refractivity contribution < 1.29 is 14.3 Å². The smallest absolute Gasteiger partial charge is 0.230 e. The van der Waals surface area contributed by atoms with Gasteiger partial charge in [-0.3, -0.25) is 9.59 Å². The van der Waals surface area contributed by atoms with E-state index in [1.807, 2.05) is 29.2 Å². The van der Waals surface area contributed by atoms with E-state index in [1.54, 1.807) is 31.4 Å². The van der Waals surface area contributed by atoms with Crippen LogP contribution in [0.2, 0.25) is 0 Å². The van der Waals surface area contributed by atoms with Gasteiger partial charge in [-0.2, -0.15) is 0 Å². The number of carbonyl (C=O) groups is 2. The molecule has 1 fully saturated rings. The molecule has 1 saturated heterocycles. The lowest BCUT2D eigenvalue weighted by molar-refractivity contribution is -0.129. The Labute approximate surface area is 172 Å². The molecule has 2 atom stereocenters. The zero-order valence-electron chi connectivity index (χ0n) is 16.9. The van der Waals surface area contributed by atoms with E-state index in [9.17, 15) is 9.59 Å². The maximum Gasteiger partial charge on any atom is 0.230 e. The standard InChI is InChI=1S/C24H26N2O3/c1-4-6-14-26-22(27)16-21(23(26)18-10-12-20(29-3)13-11-18)24(28)25-19-9-7-8-17(5-2)15-19/h2,7-13,15,21,23H,4,6,14,16H2,1,3H3,(H,25,28). The van der Waals surface area contributed by atoms with Crippen molar-refractivity contribution in [3.63, 3.8) is 0 Å². The molecule has 0 aliphatic carbocycles. The Kier molecular flexibility index (Phi) is 6.56. The minimum absolute atomic E-state index is 0.0109. The summed E-state index contributed by atoms with van der Waals surface area (Å²) < 4.78 is 5.24. The van der Waals surface area contributed by atoms with Gasteiger partial charge in [0.15, 0.2) is 0 Å². The summed E-state index contributed by atoms with van der Waals surface area (Å²) in [6.07, 6.45) is 7.53. The lowest BCUT2D eigenvalue weighted by Gasteiger charge is -2.28. The summed E-state index contributed by atoms with van der Waals surface area (Å²) in [5.41, 5.74) is 2.27. The number of ether oxygens (including phenoxy) is 1. The van der Waals surface area contributed by atoms with Gasteiger partial charge in [0.2, 0.25) is 11.8 Å². The highest BCUT2D eigenvalue weighted by atomic mass is 16.5. The van der Waals surface area contributed by atoms with Crippen molar-refractivity contribution >= 4 is 17.5 Å². The van der Waals surface area contributed by atoms with E-state index in [4.69, 9.17) is 11.2 Å². The van der Waals surface area contributed by atoms with Crippen molar-refractivity contribution in [2.45, 2.75) is 32.2 Å². The number of benzene rings is 2. The molecule has 1 heterocycles. The molecule has 150 valence electrons. The normalized spacial score (nSPS) is 18.4. The van der Waals surface area contributed by atoms with Crippen LogP contribution in [-0.2, 0) is 9.59 Å². The highest BCUT2D eigenvalue weighted by Crippen LogP contribution is 2.39. The van der Waals surface area contributed by atoms with E-state index in [1.165, 1.54) is 0 Å². The average molecular weight is 390 g/mol. The molecule has 0 saturated carbocycles. The van der Waals surface area contributed by atoms with Crippen LogP contribution in [0.25, 0.3) is 0 Å². The quantitative estimate of drug-likeness (QED) is 0.727. The molecule has 0 bridgehead atoms. The number of nitrogens with one attached hydrogen (secondary N) is 1. The third-order valence-corrected chi connectivity index (χ3v) is 5.28. The lowest BCUT2D eigenvalue weighted by Crippen LogP contribution is -2.33. The Morgan fingerprint density at radius 3 is 2.69 bits per heavy atom. The van der Waals surface area contributed by atoms with Gasteiger partial charge in [-0.15, -0.1) is 6.42 Å². The fraction of sp³-hybridized carbons (Fsp3) is 0.333. The van der Waals surface area contributed by atoms with Crippen molar-refractivity contribution in [1.82, 2.24) is 4.90 Å². The maximum absolute atomic E-state index is 13.1. The van der Waals surface area contributed by atoms with Crippen LogP contribution >= 0.6 is 0 Å². The third-order valence-electron chi connectivity index (χ3n) is 5.28. The average Bonchev–Trinajstić information content (AvgIpc) is 3.08. The molecule has 0 radical (unpaired) electrons. The van der Waals surface area contributed by atoms with Crippen LogP contribution in [0.5, 0.6) is 5.75 Å². The van der Waals surface area contributed by atoms with Gasteiger partial charge in [-0.05, 0) is 42.3 Å². The largest absolute Gasteiger partial charge is 0.497 e. The Balaban J connectivity index is 1.88. The van der Waals surface area contributed by atoms with E-state index in [0.29, 0.717) is 17.8 Å². The number of terminal acetylenes is 1. The number of hydrogen-bond acceptors (Lipinski definition) is 3. The SMILES string of the molecule is C#Cc1cccc(NC(=O)C2CC(=O)N(CCCC)C2c2ccc(OC)cc2)c1. The highest BCUT2D eigenvalue weighted by molar-refractivity contribution is 5.98. The van der Waals surface area contributed by atoms with Crippen molar-refractivity contribution in [1.29, 1.82) is 0 Å². The molecule has 3 rings (SSSR count). The van der Waals surface area contributed by atoms with Crippen LogP contribution in [0.3, 0.4) is 0 Å². The molecule has 2 aromatic carbocycles. The second kappa shape index (κ2) is 9.29. The first-order valence-electron chi connectivity index (χ1n) is 9.88. The molecule has 2 unspecified atom stereocenters. The fourth-order valence-corrected chi connectivity index (χ4v) is 3.75. The third kappa shape index (κ3) is 4.60. The number of unbranched alkanes of at least 4 members (excludes halogenated alkanes) is 1. The van der Waals surface area contributed by atoms with Gasteiger partial charge in [0.25, 0.3) is 0 Å². The molecule has 1 N–H and O–H groups in total. The monoisotopic (exact) mass is 390 g/mol. The predicted molar refractivity (Wildman–Crippen MR) is 113 cm³/mol. The Hall–Kier alpha value is -3.26. The Bertz CT molecular complexity index is 914. The molecule has 1 aliphatic rings. The second-order valence-electron chi connectivity index (χ2n) is 7.18. The van der Waals surface area contributed by atoms with Gasteiger partial charge >= 0.3 is 0 Å². The van der Waals surface area contributed by atoms with E-state index >= 15 is 0 Å².